The van der Waals surface area contributed by atoms with Crippen LogP contribution in [0.25, 0.3) is 16.5 Å². The molecule has 1 atom stereocenters. The van der Waals surface area contributed by atoms with Gasteiger partial charge in [0.25, 0.3) is 0 Å². The van der Waals surface area contributed by atoms with Crippen molar-refractivity contribution >= 4 is 33.6 Å². The SMILES string of the molecule is Cc1cc2[nH]cc(CCCC(=O)C3CC(c4cccs4)=CCN3)c2cc1C. The van der Waals surface area contributed by atoms with Crippen molar-refractivity contribution in [2.75, 3.05) is 6.54 Å². The predicted octanol–water partition coefficient (Wildman–Crippen LogP) is 5.18. The minimum absolute atomic E-state index is 0.0417. The monoisotopic (exact) mass is 378 g/mol. The molecule has 4 heteroatoms. The lowest BCUT2D eigenvalue weighted by molar-refractivity contribution is -0.121. The molecule has 1 unspecified atom stereocenters. The number of benzene rings is 1. The summed E-state index contributed by atoms with van der Waals surface area (Å²) in [7, 11) is 0. The van der Waals surface area contributed by atoms with E-state index < -0.39 is 0 Å². The Hall–Kier alpha value is -2.17. The van der Waals surface area contributed by atoms with Gasteiger partial charge in [-0.25, -0.2) is 0 Å². The Morgan fingerprint density at radius 2 is 2.11 bits per heavy atom. The molecule has 2 aromatic heterocycles. The third kappa shape index (κ3) is 3.92. The van der Waals surface area contributed by atoms with Gasteiger partial charge in [-0.1, -0.05) is 12.1 Å². The molecule has 0 saturated heterocycles. The molecular weight excluding hydrogens is 352 g/mol. The summed E-state index contributed by atoms with van der Waals surface area (Å²) in [5.41, 5.74) is 6.45. The van der Waals surface area contributed by atoms with Gasteiger partial charge in [-0.2, -0.15) is 0 Å². The number of rotatable bonds is 6. The van der Waals surface area contributed by atoms with Crippen LogP contribution in [0.5, 0.6) is 0 Å². The van der Waals surface area contributed by atoms with Crippen LogP contribution in [-0.2, 0) is 11.2 Å². The Kier molecular flexibility index (Phi) is 5.28. The normalized spacial score (nSPS) is 17.3. The quantitative estimate of drug-likeness (QED) is 0.620. The molecule has 3 aromatic rings. The van der Waals surface area contributed by atoms with Crippen molar-refractivity contribution in [2.45, 2.75) is 45.6 Å². The molecule has 0 aliphatic carbocycles. The highest BCUT2D eigenvalue weighted by molar-refractivity contribution is 7.11. The van der Waals surface area contributed by atoms with Gasteiger partial charge >= 0.3 is 0 Å². The fourth-order valence-corrected chi connectivity index (χ4v) is 4.65. The molecule has 0 radical (unpaired) electrons. The third-order valence-electron chi connectivity index (χ3n) is 5.61. The number of carbonyl (C=O) groups is 1. The van der Waals surface area contributed by atoms with Crippen LogP contribution in [0, 0.1) is 13.8 Å². The zero-order valence-corrected chi connectivity index (χ0v) is 16.8. The van der Waals surface area contributed by atoms with Gasteiger partial charge in [-0.05, 0) is 79.0 Å². The molecule has 2 N–H and O–H groups in total. The van der Waals surface area contributed by atoms with Crippen LogP contribution >= 0.6 is 11.3 Å². The first-order valence-corrected chi connectivity index (χ1v) is 10.6. The van der Waals surface area contributed by atoms with Crippen LogP contribution < -0.4 is 5.32 Å². The van der Waals surface area contributed by atoms with Gasteiger partial charge in [0.05, 0.1) is 6.04 Å². The highest BCUT2D eigenvalue weighted by atomic mass is 32.1. The van der Waals surface area contributed by atoms with E-state index in [9.17, 15) is 4.79 Å². The summed E-state index contributed by atoms with van der Waals surface area (Å²) in [6.07, 6.45) is 7.59. The summed E-state index contributed by atoms with van der Waals surface area (Å²) in [6.45, 7) is 5.08. The van der Waals surface area contributed by atoms with Crippen molar-refractivity contribution in [1.29, 1.82) is 0 Å². The van der Waals surface area contributed by atoms with Gasteiger partial charge in [0.15, 0.2) is 0 Å². The van der Waals surface area contributed by atoms with E-state index in [-0.39, 0.29) is 6.04 Å². The minimum Gasteiger partial charge on any atom is -0.361 e. The Morgan fingerprint density at radius 1 is 1.26 bits per heavy atom. The zero-order valence-electron chi connectivity index (χ0n) is 16.0. The predicted molar refractivity (Wildman–Crippen MR) is 114 cm³/mol. The Bertz CT molecular complexity index is 981. The Balaban J connectivity index is 1.35. The van der Waals surface area contributed by atoms with Crippen molar-refractivity contribution in [3.8, 4) is 0 Å². The minimum atomic E-state index is -0.0417. The molecule has 0 saturated carbocycles. The number of Topliss-reactive ketones (excluding diaryl/α,β-unsaturated/α-hetero) is 1. The maximum atomic E-state index is 12.7. The Labute approximate surface area is 164 Å². The van der Waals surface area contributed by atoms with Crippen molar-refractivity contribution in [3.63, 3.8) is 0 Å². The van der Waals surface area contributed by atoms with E-state index in [0.717, 1.165) is 25.8 Å². The highest BCUT2D eigenvalue weighted by Gasteiger charge is 2.22. The summed E-state index contributed by atoms with van der Waals surface area (Å²) in [5.74, 6) is 0.337. The number of ketones is 1. The molecule has 0 fully saturated rings. The summed E-state index contributed by atoms with van der Waals surface area (Å²) >= 11 is 1.75. The van der Waals surface area contributed by atoms with E-state index in [0.29, 0.717) is 12.2 Å². The summed E-state index contributed by atoms with van der Waals surface area (Å²) in [5, 5.41) is 6.76. The van der Waals surface area contributed by atoms with Crippen molar-refractivity contribution in [3.05, 3.63) is 63.5 Å². The highest BCUT2D eigenvalue weighted by Crippen LogP contribution is 2.27. The average Bonchev–Trinajstić information content (AvgIpc) is 3.33. The molecule has 1 aliphatic heterocycles. The molecule has 27 heavy (non-hydrogen) atoms. The van der Waals surface area contributed by atoms with E-state index in [1.54, 1.807) is 11.3 Å². The van der Waals surface area contributed by atoms with E-state index in [4.69, 9.17) is 0 Å². The molecule has 0 spiro atoms. The summed E-state index contributed by atoms with van der Waals surface area (Å²) in [4.78, 5) is 17.4. The zero-order chi connectivity index (χ0) is 18.8. The lowest BCUT2D eigenvalue weighted by Crippen LogP contribution is -2.39. The summed E-state index contributed by atoms with van der Waals surface area (Å²) in [6, 6.07) is 8.65. The number of nitrogens with one attached hydrogen (secondary N) is 2. The van der Waals surface area contributed by atoms with Crippen molar-refractivity contribution in [1.82, 2.24) is 10.3 Å². The lowest BCUT2D eigenvalue weighted by Gasteiger charge is -2.22. The fourth-order valence-electron chi connectivity index (χ4n) is 3.87. The first kappa shape index (κ1) is 18.2. The first-order chi connectivity index (χ1) is 13.1. The number of aryl methyl sites for hydroxylation is 3. The third-order valence-corrected chi connectivity index (χ3v) is 6.56. The van der Waals surface area contributed by atoms with Crippen LogP contribution in [0.4, 0.5) is 0 Å². The number of hydrogen-bond acceptors (Lipinski definition) is 3. The smallest absolute Gasteiger partial charge is 0.150 e. The lowest BCUT2D eigenvalue weighted by atomic mass is 9.94. The molecule has 1 aromatic carbocycles. The van der Waals surface area contributed by atoms with E-state index in [1.165, 1.54) is 38.0 Å². The van der Waals surface area contributed by atoms with Gasteiger partial charge in [0.1, 0.15) is 5.78 Å². The van der Waals surface area contributed by atoms with E-state index >= 15 is 0 Å². The molecule has 1 aliphatic rings. The molecule has 4 rings (SSSR count). The van der Waals surface area contributed by atoms with Crippen LogP contribution in [0.1, 0.15) is 40.8 Å². The molecule has 3 heterocycles. The van der Waals surface area contributed by atoms with Crippen LogP contribution in [0.2, 0.25) is 0 Å². The topological polar surface area (TPSA) is 44.9 Å². The van der Waals surface area contributed by atoms with Gasteiger partial charge in [-0.15, -0.1) is 11.3 Å². The standard InChI is InChI=1S/C23H26N2OS/c1-15-11-19-18(14-25-20(19)12-16(15)2)5-3-6-22(26)21-13-17(8-9-24-21)23-7-4-10-27-23/h4,7-8,10-12,14,21,24-25H,3,5-6,9,13H2,1-2H3. The number of aromatic amines is 1. The second-order valence-corrected chi connectivity index (χ2v) is 8.44. The first-order valence-electron chi connectivity index (χ1n) is 9.68. The average molecular weight is 379 g/mol. The second-order valence-electron chi connectivity index (χ2n) is 7.49. The van der Waals surface area contributed by atoms with Gasteiger partial charge in [-0.3, -0.25) is 4.79 Å². The van der Waals surface area contributed by atoms with Crippen LogP contribution in [0.15, 0.2) is 41.9 Å². The maximum absolute atomic E-state index is 12.7. The molecule has 140 valence electrons. The summed E-state index contributed by atoms with van der Waals surface area (Å²) < 4.78 is 0. The van der Waals surface area contributed by atoms with E-state index in [1.807, 2.05) is 0 Å². The molecular formula is C23H26N2OS. The van der Waals surface area contributed by atoms with Gasteiger partial charge in [0.2, 0.25) is 0 Å². The number of thiophene rings is 1. The van der Waals surface area contributed by atoms with Crippen molar-refractivity contribution in [2.24, 2.45) is 0 Å². The molecule has 0 bridgehead atoms. The fraction of sp³-hybridized carbons (Fsp3) is 0.348. The van der Waals surface area contributed by atoms with Gasteiger partial charge < -0.3 is 10.3 Å². The largest absolute Gasteiger partial charge is 0.361 e. The number of aromatic nitrogens is 1. The number of H-pyrrole nitrogens is 1. The van der Waals surface area contributed by atoms with Crippen LogP contribution in [-0.4, -0.2) is 23.4 Å². The number of carbonyl (C=O) groups excluding carboxylic acids is 1. The number of hydrogen-bond donors (Lipinski definition) is 2. The maximum Gasteiger partial charge on any atom is 0.150 e. The molecule has 3 nitrogen and oxygen atoms in total. The van der Waals surface area contributed by atoms with Crippen molar-refractivity contribution < 1.29 is 4.79 Å². The Morgan fingerprint density at radius 3 is 2.93 bits per heavy atom. The van der Waals surface area contributed by atoms with Gasteiger partial charge in [0, 0.05) is 34.9 Å². The van der Waals surface area contributed by atoms with E-state index in [2.05, 4.69) is 66.1 Å². The number of fused-ring (bicyclic) bond motifs is 1. The second kappa shape index (κ2) is 7.83. The molecule has 0 amide bonds. The van der Waals surface area contributed by atoms with Crippen LogP contribution in [0.3, 0.4) is 0 Å².